The second-order valence-corrected chi connectivity index (χ2v) is 9.83. The van der Waals surface area contributed by atoms with E-state index in [4.69, 9.17) is 0 Å². The molecule has 0 unspecified atom stereocenters. The lowest BCUT2D eigenvalue weighted by atomic mass is 10.2. The molecule has 0 aliphatic heterocycles. The van der Waals surface area contributed by atoms with Crippen molar-refractivity contribution in [3.8, 4) is 0 Å². The van der Waals surface area contributed by atoms with Crippen LogP contribution in [0.1, 0.15) is 50.7 Å². The zero-order chi connectivity index (χ0) is 16.7. The SMILES string of the molecule is CCCCCC(C)(Sc1ccc(C)cc1)Sc1ccc(C)cc1. The van der Waals surface area contributed by atoms with Gasteiger partial charge in [-0.05, 0) is 51.5 Å². The summed E-state index contributed by atoms with van der Waals surface area (Å²) in [4.78, 5) is 2.74. The van der Waals surface area contributed by atoms with Crippen LogP contribution in [-0.4, -0.2) is 4.08 Å². The van der Waals surface area contributed by atoms with E-state index >= 15 is 0 Å². The fourth-order valence-electron chi connectivity index (χ4n) is 2.53. The predicted octanol–water partition coefficient (Wildman–Crippen LogP) is 7.48. The third kappa shape index (κ3) is 6.27. The van der Waals surface area contributed by atoms with Gasteiger partial charge in [0.25, 0.3) is 0 Å². The van der Waals surface area contributed by atoms with Crippen molar-refractivity contribution < 1.29 is 0 Å². The van der Waals surface area contributed by atoms with Gasteiger partial charge in [-0.2, -0.15) is 0 Å². The third-order valence-electron chi connectivity index (χ3n) is 3.94. The highest BCUT2D eigenvalue weighted by molar-refractivity contribution is 8.18. The minimum absolute atomic E-state index is 0.180. The lowest BCUT2D eigenvalue weighted by molar-refractivity contribution is 0.644. The molecule has 2 heteroatoms. The summed E-state index contributed by atoms with van der Waals surface area (Å²) in [5.74, 6) is 0. The van der Waals surface area contributed by atoms with E-state index in [2.05, 4.69) is 76.2 Å². The molecule has 0 N–H and O–H groups in total. The minimum Gasteiger partial charge on any atom is -0.108 e. The zero-order valence-corrected chi connectivity index (χ0v) is 16.4. The standard InChI is InChI=1S/C21H28S2/c1-5-6-7-16-21(4,22-19-12-8-17(2)9-13-19)23-20-14-10-18(3)11-15-20/h8-15H,5-7,16H2,1-4H3. The fourth-order valence-corrected chi connectivity index (χ4v) is 5.31. The molecule has 0 saturated heterocycles. The van der Waals surface area contributed by atoms with Crippen LogP contribution in [-0.2, 0) is 0 Å². The molecule has 2 rings (SSSR count). The number of unbranched alkanes of at least 4 members (excludes halogenated alkanes) is 2. The van der Waals surface area contributed by atoms with Gasteiger partial charge in [0, 0.05) is 9.79 Å². The first-order valence-corrected chi connectivity index (χ1v) is 10.2. The summed E-state index contributed by atoms with van der Waals surface area (Å²) in [5.41, 5.74) is 2.65. The first-order chi connectivity index (χ1) is 11.0. The molecule has 2 aromatic rings. The highest BCUT2D eigenvalue weighted by Crippen LogP contribution is 2.48. The minimum atomic E-state index is 0.180. The van der Waals surface area contributed by atoms with E-state index in [1.807, 2.05) is 23.5 Å². The van der Waals surface area contributed by atoms with Gasteiger partial charge in [-0.1, -0.05) is 61.6 Å². The maximum absolute atomic E-state index is 2.40. The van der Waals surface area contributed by atoms with E-state index in [9.17, 15) is 0 Å². The van der Waals surface area contributed by atoms with Crippen molar-refractivity contribution in [3.63, 3.8) is 0 Å². The number of hydrogen-bond donors (Lipinski definition) is 0. The highest BCUT2D eigenvalue weighted by atomic mass is 32.2. The van der Waals surface area contributed by atoms with Gasteiger partial charge in [-0.25, -0.2) is 0 Å². The topological polar surface area (TPSA) is 0 Å². The van der Waals surface area contributed by atoms with Crippen molar-refractivity contribution >= 4 is 23.5 Å². The smallest absolute Gasteiger partial charge is 0.0677 e. The molecular formula is C21H28S2. The van der Waals surface area contributed by atoms with E-state index in [-0.39, 0.29) is 4.08 Å². The van der Waals surface area contributed by atoms with Gasteiger partial charge in [0.1, 0.15) is 0 Å². The Morgan fingerprint density at radius 2 is 1.17 bits per heavy atom. The van der Waals surface area contributed by atoms with Crippen molar-refractivity contribution in [2.75, 3.05) is 0 Å². The van der Waals surface area contributed by atoms with E-state index in [0.29, 0.717) is 0 Å². The molecule has 2 aromatic carbocycles. The van der Waals surface area contributed by atoms with E-state index in [0.717, 1.165) is 0 Å². The Kier molecular flexibility index (Phi) is 7.10. The molecule has 0 aliphatic carbocycles. The molecule has 0 radical (unpaired) electrons. The molecule has 0 amide bonds. The number of thioether (sulfide) groups is 2. The molecule has 0 aliphatic rings. The number of hydrogen-bond acceptors (Lipinski definition) is 2. The summed E-state index contributed by atoms with van der Waals surface area (Å²) in [6.45, 7) is 8.97. The van der Waals surface area contributed by atoms with Crippen LogP contribution in [0.2, 0.25) is 0 Å². The van der Waals surface area contributed by atoms with Gasteiger partial charge in [-0.15, -0.1) is 23.5 Å². The number of benzene rings is 2. The van der Waals surface area contributed by atoms with E-state index < -0.39 is 0 Å². The quantitative estimate of drug-likeness (QED) is 0.276. The Morgan fingerprint density at radius 1 is 0.739 bits per heavy atom. The summed E-state index contributed by atoms with van der Waals surface area (Å²) in [7, 11) is 0. The maximum Gasteiger partial charge on any atom is 0.0677 e. The Labute approximate surface area is 150 Å². The van der Waals surface area contributed by atoms with Gasteiger partial charge >= 0.3 is 0 Å². The Morgan fingerprint density at radius 3 is 1.57 bits per heavy atom. The van der Waals surface area contributed by atoms with Gasteiger partial charge in [0.05, 0.1) is 4.08 Å². The Bertz CT molecular complexity index is 537. The summed E-state index contributed by atoms with van der Waals surface area (Å²) in [6, 6.07) is 17.9. The molecule has 0 atom stereocenters. The van der Waals surface area contributed by atoms with Crippen LogP contribution in [0.5, 0.6) is 0 Å². The highest BCUT2D eigenvalue weighted by Gasteiger charge is 2.26. The van der Waals surface area contributed by atoms with Gasteiger partial charge in [0.15, 0.2) is 0 Å². The molecule has 0 heterocycles. The van der Waals surface area contributed by atoms with Gasteiger partial charge < -0.3 is 0 Å². The second kappa shape index (κ2) is 8.84. The normalized spacial score (nSPS) is 11.7. The molecule has 0 nitrogen and oxygen atoms in total. The Hall–Kier alpha value is -0.860. The second-order valence-electron chi connectivity index (χ2n) is 6.42. The zero-order valence-electron chi connectivity index (χ0n) is 14.8. The van der Waals surface area contributed by atoms with Crippen molar-refractivity contribution in [2.45, 2.75) is 67.2 Å². The van der Waals surface area contributed by atoms with Crippen molar-refractivity contribution in [1.82, 2.24) is 0 Å². The fraction of sp³-hybridized carbons (Fsp3) is 0.429. The van der Waals surface area contributed by atoms with Crippen molar-refractivity contribution in [2.24, 2.45) is 0 Å². The van der Waals surface area contributed by atoms with Crippen LogP contribution in [0.25, 0.3) is 0 Å². The van der Waals surface area contributed by atoms with Crippen LogP contribution >= 0.6 is 23.5 Å². The largest absolute Gasteiger partial charge is 0.108 e. The monoisotopic (exact) mass is 344 g/mol. The summed E-state index contributed by atoms with van der Waals surface area (Å²) in [6.07, 6.45) is 5.13. The predicted molar refractivity (Wildman–Crippen MR) is 107 cm³/mol. The molecule has 124 valence electrons. The maximum atomic E-state index is 2.40. The lowest BCUT2D eigenvalue weighted by Gasteiger charge is -2.29. The molecular weight excluding hydrogens is 316 g/mol. The number of rotatable bonds is 8. The average molecular weight is 345 g/mol. The average Bonchev–Trinajstić information content (AvgIpc) is 2.52. The molecule has 23 heavy (non-hydrogen) atoms. The first kappa shape index (κ1) is 18.5. The third-order valence-corrected chi connectivity index (χ3v) is 6.73. The summed E-state index contributed by atoms with van der Waals surface area (Å²) >= 11 is 4.02. The first-order valence-electron chi connectivity index (χ1n) is 8.52. The van der Waals surface area contributed by atoms with Gasteiger partial charge in [0.2, 0.25) is 0 Å². The van der Waals surface area contributed by atoms with Crippen molar-refractivity contribution in [3.05, 3.63) is 59.7 Å². The van der Waals surface area contributed by atoms with Crippen LogP contribution in [0, 0.1) is 13.8 Å². The molecule has 0 bridgehead atoms. The van der Waals surface area contributed by atoms with E-state index in [1.165, 1.54) is 46.6 Å². The van der Waals surface area contributed by atoms with Gasteiger partial charge in [-0.3, -0.25) is 0 Å². The number of aryl methyl sites for hydroxylation is 2. The summed E-state index contributed by atoms with van der Waals surface area (Å²) in [5, 5.41) is 0. The molecule has 0 spiro atoms. The molecule has 0 fully saturated rings. The summed E-state index contributed by atoms with van der Waals surface area (Å²) < 4.78 is 0.180. The lowest BCUT2D eigenvalue weighted by Crippen LogP contribution is -2.14. The van der Waals surface area contributed by atoms with Crippen LogP contribution in [0.4, 0.5) is 0 Å². The molecule has 0 saturated carbocycles. The van der Waals surface area contributed by atoms with Crippen LogP contribution < -0.4 is 0 Å². The van der Waals surface area contributed by atoms with Crippen LogP contribution in [0.15, 0.2) is 58.3 Å². The van der Waals surface area contributed by atoms with E-state index in [1.54, 1.807) is 0 Å². The van der Waals surface area contributed by atoms with Crippen molar-refractivity contribution in [1.29, 1.82) is 0 Å². The Balaban J connectivity index is 2.13. The van der Waals surface area contributed by atoms with Crippen LogP contribution in [0.3, 0.4) is 0 Å². The molecule has 0 aromatic heterocycles.